The number of alkyl halides is 2. The Morgan fingerprint density at radius 3 is 2.38 bits per heavy atom. The molecule has 1 fully saturated rings. The molecule has 1 aromatic rings. The lowest BCUT2D eigenvalue weighted by molar-refractivity contribution is -0.126. The Kier molecular flexibility index (Phi) is 5.23. The summed E-state index contributed by atoms with van der Waals surface area (Å²) in [5.41, 5.74) is 2.95. The van der Waals surface area contributed by atoms with Crippen LogP contribution in [-0.2, 0) is 4.79 Å². The molecule has 0 spiro atoms. The van der Waals surface area contributed by atoms with E-state index in [1.165, 1.54) is 5.56 Å². The Hall–Kier alpha value is -1.24. The molecule has 1 aliphatic carbocycles. The van der Waals surface area contributed by atoms with E-state index in [1.54, 1.807) is 0 Å². The number of benzene rings is 1. The number of hydrogen-bond acceptors (Lipinski definition) is 2. The van der Waals surface area contributed by atoms with Gasteiger partial charge in [-0.05, 0) is 44.2 Å². The summed E-state index contributed by atoms with van der Waals surface area (Å²) >= 11 is 12.4. The van der Waals surface area contributed by atoms with Crippen molar-refractivity contribution in [1.29, 1.82) is 5.26 Å². The van der Waals surface area contributed by atoms with E-state index in [4.69, 9.17) is 23.2 Å². The first-order chi connectivity index (χ1) is 11.0. The van der Waals surface area contributed by atoms with Crippen LogP contribution >= 0.6 is 23.2 Å². The second-order valence-electron chi connectivity index (χ2n) is 7.28. The van der Waals surface area contributed by atoms with Gasteiger partial charge in [-0.2, -0.15) is 5.26 Å². The van der Waals surface area contributed by atoms with Crippen LogP contribution in [0.2, 0.25) is 0 Å². The number of halogens is 2. The van der Waals surface area contributed by atoms with Crippen LogP contribution < -0.4 is 5.32 Å². The van der Waals surface area contributed by atoms with E-state index in [-0.39, 0.29) is 17.9 Å². The molecule has 5 heteroatoms. The van der Waals surface area contributed by atoms with Gasteiger partial charge in [0.1, 0.15) is 10.3 Å². The van der Waals surface area contributed by atoms with Crippen molar-refractivity contribution in [3.8, 4) is 6.07 Å². The van der Waals surface area contributed by atoms with Crippen molar-refractivity contribution in [1.82, 2.24) is 5.32 Å². The average Bonchev–Trinajstić information content (AvgIpc) is 2.99. The minimum Gasteiger partial charge on any atom is -0.348 e. The first kappa shape index (κ1) is 19.1. The van der Waals surface area contributed by atoms with Gasteiger partial charge in [-0.1, -0.05) is 37.6 Å². The molecule has 1 aliphatic rings. The monoisotopic (exact) mass is 366 g/mol. The molecule has 0 saturated heterocycles. The quantitative estimate of drug-likeness (QED) is 0.757. The third-order valence-electron chi connectivity index (χ3n) is 5.48. The minimum absolute atomic E-state index is 0.162. The number of hydrogen-bond donors (Lipinski definition) is 1. The van der Waals surface area contributed by atoms with Gasteiger partial charge in [-0.25, -0.2) is 0 Å². The van der Waals surface area contributed by atoms with E-state index in [0.29, 0.717) is 6.42 Å². The molecule has 130 valence electrons. The van der Waals surface area contributed by atoms with E-state index in [0.717, 1.165) is 11.1 Å². The highest BCUT2D eigenvalue weighted by Crippen LogP contribution is 2.68. The van der Waals surface area contributed by atoms with Gasteiger partial charge in [0, 0.05) is 5.41 Å². The van der Waals surface area contributed by atoms with E-state index < -0.39 is 15.7 Å². The second kappa shape index (κ2) is 6.58. The minimum atomic E-state index is -0.846. The predicted molar refractivity (Wildman–Crippen MR) is 97.9 cm³/mol. The Labute approximate surface area is 154 Å². The lowest BCUT2D eigenvalue weighted by atomic mass is 9.81. The van der Waals surface area contributed by atoms with E-state index in [2.05, 4.69) is 17.5 Å². The highest BCUT2D eigenvalue weighted by Gasteiger charge is 2.67. The van der Waals surface area contributed by atoms with Crippen molar-refractivity contribution in [3.63, 3.8) is 0 Å². The van der Waals surface area contributed by atoms with Gasteiger partial charge in [0.15, 0.2) is 0 Å². The molecule has 0 aromatic heterocycles. The number of amides is 1. The molecule has 1 N–H and O–H groups in total. The van der Waals surface area contributed by atoms with Crippen LogP contribution in [-0.4, -0.2) is 10.2 Å². The van der Waals surface area contributed by atoms with Crippen LogP contribution in [0.4, 0.5) is 0 Å². The molecule has 0 bridgehead atoms. The molecule has 0 radical (unpaired) electrons. The van der Waals surface area contributed by atoms with Crippen molar-refractivity contribution in [2.45, 2.75) is 51.4 Å². The molecule has 1 aromatic carbocycles. The van der Waals surface area contributed by atoms with E-state index in [1.807, 2.05) is 46.8 Å². The van der Waals surface area contributed by atoms with Crippen molar-refractivity contribution in [2.24, 2.45) is 17.3 Å². The number of nitrogens with zero attached hydrogens (tertiary/aromatic N) is 1. The fourth-order valence-electron chi connectivity index (χ4n) is 3.37. The molecule has 4 atom stereocenters. The smallest absolute Gasteiger partial charge is 0.238 e. The van der Waals surface area contributed by atoms with E-state index >= 15 is 0 Å². The highest BCUT2D eigenvalue weighted by molar-refractivity contribution is 6.51. The maximum absolute atomic E-state index is 12.6. The average molecular weight is 367 g/mol. The first-order valence-corrected chi connectivity index (χ1v) is 8.94. The Bertz CT molecular complexity index is 695. The number of nitrogens with one attached hydrogen (secondary N) is 1. The first-order valence-electron chi connectivity index (χ1n) is 8.18. The summed E-state index contributed by atoms with van der Waals surface area (Å²) < 4.78 is -0.846. The molecule has 24 heavy (non-hydrogen) atoms. The zero-order chi connectivity index (χ0) is 18.3. The summed E-state index contributed by atoms with van der Waals surface area (Å²) in [6.07, 6.45) is 0.600. The molecule has 4 unspecified atom stereocenters. The van der Waals surface area contributed by atoms with Crippen molar-refractivity contribution < 1.29 is 4.79 Å². The molecule has 0 aliphatic heterocycles. The zero-order valence-corrected chi connectivity index (χ0v) is 16.3. The van der Waals surface area contributed by atoms with Crippen LogP contribution in [0.25, 0.3) is 0 Å². The fourth-order valence-corrected chi connectivity index (χ4v) is 4.27. The number of carbonyl (C=O) groups is 1. The maximum Gasteiger partial charge on any atom is 0.238 e. The van der Waals surface area contributed by atoms with Crippen molar-refractivity contribution >= 4 is 29.1 Å². The summed E-state index contributed by atoms with van der Waals surface area (Å²) in [5, 5.41) is 12.5. The van der Waals surface area contributed by atoms with Gasteiger partial charge in [-0.3, -0.25) is 4.79 Å². The van der Waals surface area contributed by atoms with E-state index in [9.17, 15) is 10.1 Å². The Balaban J connectivity index is 2.11. The molecular formula is C19H24Cl2N2O. The van der Waals surface area contributed by atoms with Crippen LogP contribution in [0.5, 0.6) is 0 Å². The molecular weight excluding hydrogens is 343 g/mol. The van der Waals surface area contributed by atoms with Gasteiger partial charge < -0.3 is 5.32 Å². The number of carbonyl (C=O) groups excluding carboxylic acids is 1. The lowest BCUT2D eigenvalue weighted by Crippen LogP contribution is -2.38. The Morgan fingerprint density at radius 2 is 1.92 bits per heavy atom. The van der Waals surface area contributed by atoms with Gasteiger partial charge in [0.25, 0.3) is 0 Å². The molecule has 1 amide bonds. The molecule has 3 nitrogen and oxygen atoms in total. The van der Waals surface area contributed by atoms with Gasteiger partial charge in [0.05, 0.1) is 12.1 Å². The largest absolute Gasteiger partial charge is 0.348 e. The lowest BCUT2D eigenvalue weighted by Gasteiger charge is -2.26. The van der Waals surface area contributed by atoms with Gasteiger partial charge in [0.2, 0.25) is 5.91 Å². The third-order valence-corrected chi connectivity index (χ3v) is 6.61. The van der Waals surface area contributed by atoms with Crippen LogP contribution in [0.15, 0.2) is 18.2 Å². The highest BCUT2D eigenvalue weighted by atomic mass is 35.5. The summed E-state index contributed by atoms with van der Waals surface area (Å²) in [6.45, 7) is 9.80. The normalized spacial score (nSPS) is 25.2. The SMILES string of the molecule is Cc1ccc(C(C)NC(=O)C(C#N)C(C)C2(C)CC2(Cl)Cl)c(C)c1. The second-order valence-corrected chi connectivity index (χ2v) is 8.77. The van der Waals surface area contributed by atoms with Crippen LogP contribution in [0, 0.1) is 42.4 Å². The topological polar surface area (TPSA) is 52.9 Å². The fraction of sp³-hybridized carbons (Fsp3) is 0.579. The summed E-state index contributed by atoms with van der Waals surface area (Å²) in [6, 6.07) is 8.10. The zero-order valence-electron chi connectivity index (χ0n) is 14.8. The standard InChI is InChI=1S/C19H24Cl2N2O/c1-11-6-7-15(12(2)8-11)14(4)23-17(24)16(9-22)13(3)18(5)10-19(18,20)21/h6-8,13-14,16H,10H2,1-5H3,(H,23,24). The van der Waals surface area contributed by atoms with Crippen molar-refractivity contribution in [2.75, 3.05) is 0 Å². The summed E-state index contributed by atoms with van der Waals surface area (Å²) in [7, 11) is 0. The summed E-state index contributed by atoms with van der Waals surface area (Å²) in [5.74, 6) is -1.26. The molecule has 2 rings (SSSR count). The number of aryl methyl sites for hydroxylation is 2. The maximum atomic E-state index is 12.6. The number of rotatable bonds is 5. The van der Waals surface area contributed by atoms with Crippen LogP contribution in [0.3, 0.4) is 0 Å². The summed E-state index contributed by atoms with van der Waals surface area (Å²) in [4.78, 5) is 12.6. The van der Waals surface area contributed by atoms with Gasteiger partial charge in [-0.15, -0.1) is 23.2 Å². The Morgan fingerprint density at radius 1 is 1.33 bits per heavy atom. The predicted octanol–water partition coefficient (Wildman–Crippen LogP) is 4.84. The van der Waals surface area contributed by atoms with Gasteiger partial charge >= 0.3 is 0 Å². The van der Waals surface area contributed by atoms with Crippen molar-refractivity contribution in [3.05, 3.63) is 34.9 Å². The van der Waals surface area contributed by atoms with Crippen LogP contribution in [0.1, 0.15) is 49.9 Å². The third kappa shape index (κ3) is 3.41. The molecule has 1 saturated carbocycles. The molecule has 0 heterocycles. The number of nitriles is 1.